The summed E-state index contributed by atoms with van der Waals surface area (Å²) in [6.07, 6.45) is 0.00874. The maximum Gasteiger partial charge on any atom is 0.339 e. The number of hydrogen-bond acceptors (Lipinski definition) is 6. The zero-order valence-electron chi connectivity index (χ0n) is 15.8. The van der Waals surface area contributed by atoms with Crippen molar-refractivity contribution in [2.24, 2.45) is 0 Å². The van der Waals surface area contributed by atoms with Gasteiger partial charge in [0.15, 0.2) is 0 Å². The fourth-order valence-corrected chi connectivity index (χ4v) is 2.70. The van der Waals surface area contributed by atoms with Crippen molar-refractivity contribution in [2.75, 3.05) is 19.5 Å². The number of hydrogen-bond donors (Lipinski definition) is 1. The molecule has 0 aliphatic carbocycles. The third-order valence-corrected chi connectivity index (χ3v) is 4.14. The van der Waals surface area contributed by atoms with Crippen molar-refractivity contribution in [1.29, 1.82) is 0 Å². The van der Waals surface area contributed by atoms with Crippen LogP contribution in [0.4, 0.5) is 5.69 Å². The van der Waals surface area contributed by atoms with Gasteiger partial charge in [-0.1, -0.05) is 18.2 Å². The van der Waals surface area contributed by atoms with Gasteiger partial charge in [-0.2, -0.15) is 0 Å². The second-order valence-electron chi connectivity index (χ2n) is 6.02. The van der Waals surface area contributed by atoms with E-state index < -0.39 is 5.97 Å². The van der Waals surface area contributed by atoms with Crippen LogP contribution < -0.4 is 10.1 Å². The summed E-state index contributed by atoms with van der Waals surface area (Å²) >= 11 is 0. The van der Waals surface area contributed by atoms with Crippen molar-refractivity contribution in [3.8, 4) is 17.2 Å². The van der Waals surface area contributed by atoms with E-state index in [2.05, 4.69) is 10.3 Å². The smallest absolute Gasteiger partial charge is 0.339 e. The molecule has 3 aromatic rings. The molecule has 1 amide bonds. The van der Waals surface area contributed by atoms with Crippen LogP contribution in [0.2, 0.25) is 0 Å². The molecule has 1 N–H and O–H groups in total. The van der Waals surface area contributed by atoms with E-state index >= 15 is 0 Å². The number of nitrogens with one attached hydrogen (secondary N) is 1. The summed E-state index contributed by atoms with van der Waals surface area (Å²) in [7, 11) is 2.88. The van der Waals surface area contributed by atoms with Crippen LogP contribution in [0.3, 0.4) is 0 Å². The molecule has 0 fully saturated rings. The Bertz CT molecular complexity index is 1010. The number of esters is 1. The summed E-state index contributed by atoms with van der Waals surface area (Å²) in [4.78, 5) is 28.7. The van der Waals surface area contributed by atoms with Gasteiger partial charge in [-0.25, -0.2) is 9.78 Å². The largest absolute Gasteiger partial charge is 0.497 e. The van der Waals surface area contributed by atoms with Gasteiger partial charge in [-0.05, 0) is 37.3 Å². The van der Waals surface area contributed by atoms with E-state index in [1.807, 2.05) is 24.3 Å². The van der Waals surface area contributed by atoms with E-state index in [1.54, 1.807) is 38.3 Å². The van der Waals surface area contributed by atoms with E-state index in [4.69, 9.17) is 13.9 Å². The normalized spacial score (nSPS) is 10.4. The molecule has 1 heterocycles. The van der Waals surface area contributed by atoms with Crippen LogP contribution in [0.5, 0.6) is 5.75 Å². The van der Waals surface area contributed by atoms with Crippen molar-refractivity contribution in [3.63, 3.8) is 0 Å². The number of oxazole rings is 1. The first-order valence-electron chi connectivity index (χ1n) is 8.59. The molecule has 28 heavy (non-hydrogen) atoms. The molecule has 0 atom stereocenters. The molecule has 0 saturated heterocycles. The van der Waals surface area contributed by atoms with E-state index in [-0.39, 0.29) is 17.9 Å². The highest BCUT2D eigenvalue weighted by Gasteiger charge is 2.17. The Hall–Kier alpha value is -3.61. The maximum atomic E-state index is 12.5. The molecular formula is C21H20N2O5. The van der Waals surface area contributed by atoms with Crippen LogP contribution >= 0.6 is 0 Å². The molecule has 0 unspecified atom stereocenters. The monoisotopic (exact) mass is 380 g/mol. The molecule has 2 aromatic carbocycles. The minimum atomic E-state index is -0.520. The van der Waals surface area contributed by atoms with Crippen LogP contribution in [0.15, 0.2) is 52.9 Å². The first kappa shape index (κ1) is 19.2. The number of benzene rings is 2. The van der Waals surface area contributed by atoms with Gasteiger partial charge in [0, 0.05) is 5.56 Å². The molecule has 144 valence electrons. The van der Waals surface area contributed by atoms with Gasteiger partial charge in [0.1, 0.15) is 11.5 Å². The molecule has 7 nitrogen and oxygen atoms in total. The molecular weight excluding hydrogens is 360 g/mol. The number of methoxy groups -OCH3 is 2. The summed E-state index contributed by atoms with van der Waals surface area (Å²) < 4.78 is 15.7. The van der Waals surface area contributed by atoms with Gasteiger partial charge in [0.25, 0.3) is 0 Å². The van der Waals surface area contributed by atoms with Gasteiger partial charge in [0.05, 0.1) is 37.6 Å². The van der Waals surface area contributed by atoms with Crippen molar-refractivity contribution in [2.45, 2.75) is 13.3 Å². The summed E-state index contributed by atoms with van der Waals surface area (Å²) in [5.41, 5.74) is 1.94. The highest BCUT2D eigenvalue weighted by molar-refractivity contribution is 6.01. The fourth-order valence-electron chi connectivity index (χ4n) is 2.70. The van der Waals surface area contributed by atoms with Gasteiger partial charge >= 0.3 is 5.97 Å². The number of ether oxygens (including phenoxy) is 2. The molecule has 0 bridgehead atoms. The van der Waals surface area contributed by atoms with Crippen LogP contribution in [0, 0.1) is 6.92 Å². The fraction of sp³-hybridized carbons (Fsp3) is 0.190. The van der Waals surface area contributed by atoms with Crippen molar-refractivity contribution >= 4 is 17.6 Å². The lowest BCUT2D eigenvalue weighted by molar-refractivity contribution is -0.115. The molecule has 7 heteroatoms. The standard InChI is InChI=1S/C21H20N2O5/c1-13-18(23-20(28-13)14-7-6-8-15(11-14)26-2)12-19(24)22-17-10-5-4-9-16(17)21(25)27-3/h4-11H,12H2,1-3H3,(H,22,24). The topological polar surface area (TPSA) is 90.7 Å². The van der Waals surface area contributed by atoms with Gasteiger partial charge in [-0.15, -0.1) is 0 Å². The number of carbonyl (C=O) groups excluding carboxylic acids is 2. The average molecular weight is 380 g/mol. The molecule has 0 radical (unpaired) electrons. The van der Waals surface area contributed by atoms with E-state index in [0.717, 1.165) is 5.56 Å². The molecule has 0 aliphatic heterocycles. The zero-order valence-corrected chi connectivity index (χ0v) is 15.8. The minimum absolute atomic E-state index is 0.00874. The van der Waals surface area contributed by atoms with Crippen molar-refractivity contribution in [1.82, 2.24) is 4.98 Å². The average Bonchev–Trinajstić information content (AvgIpc) is 3.08. The summed E-state index contributed by atoms with van der Waals surface area (Å²) in [6.45, 7) is 1.75. The van der Waals surface area contributed by atoms with Crippen LogP contribution in [0.25, 0.3) is 11.5 Å². The summed E-state index contributed by atoms with van der Waals surface area (Å²) in [5, 5.41) is 2.73. The minimum Gasteiger partial charge on any atom is -0.497 e. The van der Waals surface area contributed by atoms with Crippen LogP contribution in [-0.4, -0.2) is 31.1 Å². The van der Waals surface area contributed by atoms with Gasteiger partial charge in [-0.3, -0.25) is 4.79 Å². The third-order valence-electron chi connectivity index (χ3n) is 4.14. The number of aryl methyl sites for hydroxylation is 1. The quantitative estimate of drug-likeness (QED) is 0.657. The lowest BCUT2D eigenvalue weighted by atomic mass is 10.1. The highest BCUT2D eigenvalue weighted by Crippen LogP contribution is 2.25. The molecule has 1 aromatic heterocycles. The van der Waals surface area contributed by atoms with Gasteiger partial charge < -0.3 is 19.2 Å². The Labute approximate surface area is 162 Å². The number of rotatable bonds is 6. The Morgan fingerprint density at radius 1 is 1.11 bits per heavy atom. The van der Waals surface area contributed by atoms with Crippen molar-refractivity contribution in [3.05, 3.63) is 65.5 Å². The SMILES string of the molecule is COC(=O)c1ccccc1NC(=O)Cc1nc(-c2cccc(OC)c2)oc1C. The summed E-state index contributed by atoms with van der Waals surface area (Å²) in [6, 6.07) is 14.0. The molecule has 3 rings (SSSR count). The number of amides is 1. The van der Waals surface area contributed by atoms with E-state index in [0.29, 0.717) is 28.8 Å². The van der Waals surface area contributed by atoms with Gasteiger partial charge in [0.2, 0.25) is 11.8 Å². The first-order chi connectivity index (χ1) is 13.5. The van der Waals surface area contributed by atoms with E-state index in [1.165, 1.54) is 7.11 Å². The number of nitrogens with zero attached hydrogens (tertiary/aromatic N) is 1. The number of anilines is 1. The Kier molecular flexibility index (Phi) is 5.74. The van der Waals surface area contributed by atoms with Crippen LogP contribution in [0.1, 0.15) is 21.8 Å². The number of carbonyl (C=O) groups is 2. The summed E-state index contributed by atoms with van der Waals surface area (Å²) in [5.74, 6) is 0.814. The van der Waals surface area contributed by atoms with E-state index in [9.17, 15) is 9.59 Å². The maximum absolute atomic E-state index is 12.5. The second-order valence-corrected chi connectivity index (χ2v) is 6.02. The molecule has 0 aliphatic rings. The molecule has 0 spiro atoms. The lowest BCUT2D eigenvalue weighted by Crippen LogP contribution is -2.17. The lowest BCUT2D eigenvalue weighted by Gasteiger charge is -2.09. The zero-order chi connectivity index (χ0) is 20.1. The van der Waals surface area contributed by atoms with Crippen molar-refractivity contribution < 1.29 is 23.5 Å². The predicted molar refractivity (Wildman–Crippen MR) is 103 cm³/mol. The Balaban J connectivity index is 1.77. The second kappa shape index (κ2) is 8.39. The number of para-hydroxylation sites is 1. The Morgan fingerprint density at radius 2 is 1.89 bits per heavy atom. The molecule has 0 saturated carbocycles. The third kappa shape index (κ3) is 4.20. The predicted octanol–water partition coefficient (Wildman–Crippen LogP) is 3.63. The number of aromatic nitrogens is 1. The van der Waals surface area contributed by atoms with Crippen LogP contribution in [-0.2, 0) is 16.0 Å². The first-order valence-corrected chi connectivity index (χ1v) is 8.59. The highest BCUT2D eigenvalue weighted by atomic mass is 16.5. The Morgan fingerprint density at radius 3 is 2.64 bits per heavy atom.